The van der Waals surface area contributed by atoms with Gasteiger partial charge in [0, 0.05) is 5.41 Å². The Labute approximate surface area is 349 Å². The first-order valence-corrected chi connectivity index (χ1v) is 21.7. The van der Waals surface area contributed by atoms with Crippen LogP contribution in [0, 0.1) is 0 Å². The second-order valence-electron chi connectivity index (χ2n) is 16.5. The average Bonchev–Trinajstić information content (AvgIpc) is 3.58. The van der Waals surface area contributed by atoms with Crippen LogP contribution >= 0.6 is 0 Å². The molecule has 9 aromatic rings. The highest BCUT2D eigenvalue weighted by atomic mass is 14.4. The van der Waals surface area contributed by atoms with E-state index in [4.69, 9.17) is 0 Å². The molecule has 1 aliphatic carbocycles. The molecule has 0 atom stereocenters. The van der Waals surface area contributed by atoms with E-state index in [1.54, 1.807) is 0 Å². The van der Waals surface area contributed by atoms with Gasteiger partial charge in [0.1, 0.15) is 0 Å². The molecule has 0 aliphatic heterocycles. The highest BCUT2D eigenvalue weighted by Gasteiger charge is 2.42. The van der Waals surface area contributed by atoms with Gasteiger partial charge in [-0.15, -0.1) is 0 Å². The number of hydrogen-bond donors (Lipinski definition) is 0. The van der Waals surface area contributed by atoms with Crippen molar-refractivity contribution >= 4 is 21.5 Å². The Morgan fingerprint density at radius 1 is 0.305 bits per heavy atom. The van der Waals surface area contributed by atoms with Gasteiger partial charge in [0.05, 0.1) is 0 Å². The minimum atomic E-state index is 0.0454. The van der Waals surface area contributed by atoms with Gasteiger partial charge in [-0.25, -0.2) is 0 Å². The highest BCUT2D eigenvalue weighted by Crippen LogP contribution is 2.55. The zero-order chi connectivity index (χ0) is 39.8. The second-order valence-corrected chi connectivity index (χ2v) is 16.5. The first-order chi connectivity index (χ1) is 29.2. The Morgan fingerprint density at radius 3 is 1.20 bits per heavy atom. The van der Waals surface area contributed by atoms with Gasteiger partial charge in [-0.1, -0.05) is 209 Å². The molecule has 9 aromatic carbocycles. The summed E-state index contributed by atoms with van der Waals surface area (Å²) in [4.78, 5) is 0. The topological polar surface area (TPSA) is 0 Å². The van der Waals surface area contributed by atoms with Crippen LogP contribution in [0.25, 0.3) is 88.3 Å². The summed E-state index contributed by atoms with van der Waals surface area (Å²) in [5.41, 5.74) is 18.5. The molecule has 0 heterocycles. The van der Waals surface area contributed by atoms with Crippen LogP contribution in [0.1, 0.15) is 63.5 Å². The lowest BCUT2D eigenvalue weighted by molar-refractivity contribution is 0.414. The predicted molar refractivity (Wildman–Crippen MR) is 254 cm³/mol. The maximum Gasteiger partial charge on any atom is 0.0215 e. The van der Waals surface area contributed by atoms with E-state index in [1.165, 1.54) is 138 Å². The molecule has 1 aliphatic rings. The van der Waals surface area contributed by atoms with E-state index < -0.39 is 0 Å². The van der Waals surface area contributed by atoms with Gasteiger partial charge in [0.15, 0.2) is 0 Å². The zero-order valence-electron chi connectivity index (χ0n) is 34.2. The third kappa shape index (κ3) is 6.48. The van der Waals surface area contributed by atoms with E-state index in [2.05, 4.69) is 208 Å². The summed E-state index contributed by atoms with van der Waals surface area (Å²) in [6, 6.07) is 72.7. The molecule has 0 unspecified atom stereocenters. The molecule has 0 saturated heterocycles. The summed E-state index contributed by atoms with van der Waals surface area (Å²) >= 11 is 0. The molecule has 0 radical (unpaired) electrons. The summed E-state index contributed by atoms with van der Waals surface area (Å²) in [7, 11) is 0. The largest absolute Gasteiger partial charge is 0.0654 e. The van der Waals surface area contributed by atoms with E-state index in [1.807, 2.05) is 0 Å². The smallest absolute Gasteiger partial charge is 0.0215 e. The number of unbranched alkanes of at least 4 members (excludes halogenated alkanes) is 2. The van der Waals surface area contributed by atoms with E-state index in [0.717, 1.165) is 0 Å². The van der Waals surface area contributed by atoms with Crippen LogP contribution in [0.2, 0.25) is 0 Å². The van der Waals surface area contributed by atoms with Crippen molar-refractivity contribution in [2.75, 3.05) is 0 Å². The first kappa shape index (κ1) is 36.8. The maximum atomic E-state index is 2.59. The zero-order valence-corrected chi connectivity index (χ0v) is 34.2. The minimum Gasteiger partial charge on any atom is -0.0654 e. The molecule has 0 fully saturated rings. The molecule has 0 N–H and O–H groups in total. The van der Waals surface area contributed by atoms with E-state index in [-0.39, 0.29) is 5.41 Å². The molecule has 10 rings (SSSR count). The standard InChI is InChI=1S/C59H50/c1-3-5-35-59(36-6-4-2)55-28-18-17-23-49(55)50-34-33-45(40-56(50)59)58-53-26-15-13-24-51(53)57(52-25-14-16-27-54(52)58)44-31-29-43(30-32-44)48-38-46(41-19-9-7-10-20-41)37-47(39-48)42-21-11-8-12-22-42/h7-34,37-40H,3-6,35-36H2,1-2H3. The molecule has 0 nitrogen and oxygen atoms in total. The van der Waals surface area contributed by atoms with Crippen LogP contribution in [-0.4, -0.2) is 0 Å². The summed E-state index contributed by atoms with van der Waals surface area (Å²) in [5.74, 6) is 0. The molecule has 0 saturated carbocycles. The number of fused-ring (bicyclic) bond motifs is 5. The maximum absolute atomic E-state index is 2.59. The van der Waals surface area contributed by atoms with Crippen molar-refractivity contribution in [1.29, 1.82) is 0 Å². The van der Waals surface area contributed by atoms with Crippen molar-refractivity contribution in [2.24, 2.45) is 0 Å². The number of hydrogen-bond acceptors (Lipinski definition) is 0. The summed E-state index contributed by atoms with van der Waals surface area (Å²) in [6.07, 6.45) is 7.26. The number of rotatable bonds is 11. The van der Waals surface area contributed by atoms with Crippen LogP contribution < -0.4 is 0 Å². The average molecular weight is 759 g/mol. The lowest BCUT2D eigenvalue weighted by Gasteiger charge is -2.33. The van der Waals surface area contributed by atoms with Crippen molar-refractivity contribution in [2.45, 2.75) is 57.8 Å². The van der Waals surface area contributed by atoms with Gasteiger partial charge < -0.3 is 0 Å². The number of benzene rings is 9. The molecular formula is C59H50. The van der Waals surface area contributed by atoms with E-state index in [9.17, 15) is 0 Å². The summed E-state index contributed by atoms with van der Waals surface area (Å²) < 4.78 is 0. The Hall–Kier alpha value is -6.50. The molecular weight excluding hydrogens is 709 g/mol. The van der Waals surface area contributed by atoms with Crippen LogP contribution in [0.15, 0.2) is 194 Å². The highest BCUT2D eigenvalue weighted by molar-refractivity contribution is 6.21. The van der Waals surface area contributed by atoms with Gasteiger partial charge in [0.25, 0.3) is 0 Å². The van der Waals surface area contributed by atoms with Gasteiger partial charge in [-0.3, -0.25) is 0 Å². The predicted octanol–water partition coefficient (Wildman–Crippen LogP) is 17.0. The quantitative estimate of drug-likeness (QED) is 0.115. The summed E-state index contributed by atoms with van der Waals surface area (Å²) in [6.45, 7) is 4.68. The molecule has 0 spiro atoms. The third-order valence-corrected chi connectivity index (χ3v) is 13.1. The molecule has 0 bridgehead atoms. The Kier molecular flexibility index (Phi) is 9.79. The van der Waals surface area contributed by atoms with Gasteiger partial charge in [-0.2, -0.15) is 0 Å². The lowest BCUT2D eigenvalue weighted by atomic mass is 9.70. The molecule has 0 aromatic heterocycles. The first-order valence-electron chi connectivity index (χ1n) is 21.7. The van der Waals surface area contributed by atoms with Gasteiger partial charge in [0.2, 0.25) is 0 Å². The molecule has 286 valence electrons. The van der Waals surface area contributed by atoms with Crippen molar-refractivity contribution in [3.63, 3.8) is 0 Å². The van der Waals surface area contributed by atoms with Crippen LogP contribution in [0.3, 0.4) is 0 Å². The Morgan fingerprint density at radius 2 is 0.695 bits per heavy atom. The second kappa shape index (κ2) is 15.7. The van der Waals surface area contributed by atoms with Gasteiger partial charge >= 0.3 is 0 Å². The van der Waals surface area contributed by atoms with E-state index >= 15 is 0 Å². The van der Waals surface area contributed by atoms with Crippen molar-refractivity contribution in [1.82, 2.24) is 0 Å². The minimum absolute atomic E-state index is 0.0454. The van der Waals surface area contributed by atoms with Crippen LogP contribution in [-0.2, 0) is 5.41 Å². The Balaban J connectivity index is 1.12. The van der Waals surface area contributed by atoms with Crippen molar-refractivity contribution in [3.05, 3.63) is 205 Å². The van der Waals surface area contributed by atoms with Crippen molar-refractivity contribution in [3.8, 4) is 66.8 Å². The van der Waals surface area contributed by atoms with Crippen LogP contribution in [0.4, 0.5) is 0 Å². The normalized spacial score (nSPS) is 12.8. The fourth-order valence-corrected chi connectivity index (χ4v) is 10.2. The fourth-order valence-electron chi connectivity index (χ4n) is 10.2. The van der Waals surface area contributed by atoms with E-state index in [0.29, 0.717) is 0 Å². The monoisotopic (exact) mass is 758 g/mol. The molecule has 0 heteroatoms. The SMILES string of the molecule is CCCCC1(CCCC)c2ccccc2-c2ccc(-c3c4ccccc4c(-c4ccc(-c5cc(-c6ccccc6)cc(-c6ccccc6)c5)cc4)c4ccccc34)cc21. The van der Waals surface area contributed by atoms with Crippen molar-refractivity contribution < 1.29 is 0 Å². The fraction of sp³-hybridized carbons (Fsp3) is 0.153. The summed E-state index contributed by atoms with van der Waals surface area (Å²) in [5, 5.41) is 5.19. The van der Waals surface area contributed by atoms with Gasteiger partial charge in [-0.05, 0) is 137 Å². The van der Waals surface area contributed by atoms with Crippen LogP contribution in [0.5, 0.6) is 0 Å². The lowest BCUT2D eigenvalue weighted by Crippen LogP contribution is -2.25. The molecule has 59 heavy (non-hydrogen) atoms. The third-order valence-electron chi connectivity index (χ3n) is 13.1. The molecule has 0 amide bonds. The Bertz CT molecular complexity index is 2810.